The molecule has 0 saturated heterocycles. The lowest BCUT2D eigenvalue weighted by Crippen LogP contribution is -1.94. The summed E-state index contributed by atoms with van der Waals surface area (Å²) in [6, 6.07) is 19.1. The standard InChI is InChI=1S/C20H18/c1-3-17(13-16-9-5-4-6-10-16)20-14-18-11-7-8-12-19(18)15(20)2/h3-12H,1-2,13-14H2/b20-17+. The Morgan fingerprint density at radius 1 is 1.00 bits per heavy atom. The fraction of sp³-hybridized carbons (Fsp3) is 0.100. The maximum Gasteiger partial charge on any atom is -0.00108 e. The lowest BCUT2D eigenvalue weighted by atomic mass is 9.96. The molecule has 0 heteroatoms. The van der Waals surface area contributed by atoms with E-state index in [0.717, 1.165) is 18.4 Å². The van der Waals surface area contributed by atoms with Crippen molar-refractivity contribution in [2.75, 3.05) is 0 Å². The molecule has 0 unspecified atom stereocenters. The van der Waals surface area contributed by atoms with Gasteiger partial charge in [0, 0.05) is 0 Å². The van der Waals surface area contributed by atoms with Gasteiger partial charge in [-0.3, -0.25) is 0 Å². The fourth-order valence-electron chi connectivity index (χ4n) is 2.85. The topological polar surface area (TPSA) is 0 Å². The van der Waals surface area contributed by atoms with E-state index in [2.05, 4.69) is 67.8 Å². The third-order valence-electron chi connectivity index (χ3n) is 3.95. The zero-order valence-corrected chi connectivity index (χ0v) is 11.6. The molecule has 3 rings (SSSR count). The number of rotatable bonds is 3. The lowest BCUT2D eigenvalue weighted by molar-refractivity contribution is 1.13. The van der Waals surface area contributed by atoms with Gasteiger partial charge in [0.1, 0.15) is 0 Å². The van der Waals surface area contributed by atoms with E-state index >= 15 is 0 Å². The molecule has 0 radical (unpaired) electrons. The number of benzene rings is 2. The molecule has 0 spiro atoms. The third-order valence-corrected chi connectivity index (χ3v) is 3.95. The molecule has 0 aromatic heterocycles. The van der Waals surface area contributed by atoms with Crippen molar-refractivity contribution >= 4 is 5.57 Å². The van der Waals surface area contributed by atoms with Crippen molar-refractivity contribution < 1.29 is 0 Å². The van der Waals surface area contributed by atoms with Crippen LogP contribution in [0.25, 0.3) is 5.57 Å². The van der Waals surface area contributed by atoms with Gasteiger partial charge < -0.3 is 0 Å². The van der Waals surface area contributed by atoms with Gasteiger partial charge in [-0.2, -0.15) is 0 Å². The molecular weight excluding hydrogens is 240 g/mol. The highest BCUT2D eigenvalue weighted by atomic mass is 14.2. The van der Waals surface area contributed by atoms with E-state index in [1.54, 1.807) is 0 Å². The van der Waals surface area contributed by atoms with Crippen LogP contribution in [0.3, 0.4) is 0 Å². The lowest BCUT2D eigenvalue weighted by Gasteiger charge is -2.09. The van der Waals surface area contributed by atoms with Gasteiger partial charge in [-0.25, -0.2) is 0 Å². The van der Waals surface area contributed by atoms with Gasteiger partial charge in [-0.15, -0.1) is 0 Å². The second-order valence-electron chi connectivity index (χ2n) is 5.18. The molecule has 2 aromatic rings. The minimum absolute atomic E-state index is 0.923. The second kappa shape index (κ2) is 5.34. The van der Waals surface area contributed by atoms with Crippen LogP contribution in [-0.4, -0.2) is 0 Å². The van der Waals surface area contributed by atoms with E-state index in [0.29, 0.717) is 0 Å². The summed E-state index contributed by atoms with van der Waals surface area (Å²) in [5.74, 6) is 0. The molecule has 1 aliphatic rings. The number of allylic oxidation sites excluding steroid dienone is 4. The molecule has 0 nitrogen and oxygen atoms in total. The van der Waals surface area contributed by atoms with Gasteiger partial charge in [0.05, 0.1) is 0 Å². The zero-order valence-electron chi connectivity index (χ0n) is 11.6. The average Bonchev–Trinajstić information content (AvgIpc) is 2.83. The highest BCUT2D eigenvalue weighted by Gasteiger charge is 2.21. The first-order chi connectivity index (χ1) is 9.79. The quantitative estimate of drug-likeness (QED) is 0.728. The molecule has 0 heterocycles. The predicted molar refractivity (Wildman–Crippen MR) is 86.5 cm³/mol. The van der Waals surface area contributed by atoms with Gasteiger partial charge >= 0.3 is 0 Å². The smallest absolute Gasteiger partial charge is 0.00108 e. The molecule has 0 bridgehead atoms. The Hall–Kier alpha value is -2.34. The van der Waals surface area contributed by atoms with E-state index in [9.17, 15) is 0 Å². The Kier molecular flexibility index (Phi) is 3.39. The van der Waals surface area contributed by atoms with Crippen LogP contribution < -0.4 is 0 Å². The number of fused-ring (bicyclic) bond motifs is 1. The summed E-state index contributed by atoms with van der Waals surface area (Å²) >= 11 is 0. The van der Waals surface area contributed by atoms with Crippen LogP contribution in [0.15, 0.2) is 85.0 Å². The Labute approximate surface area is 120 Å². The highest BCUT2D eigenvalue weighted by Crippen LogP contribution is 2.37. The van der Waals surface area contributed by atoms with Crippen molar-refractivity contribution in [1.29, 1.82) is 0 Å². The summed E-state index contributed by atoms with van der Waals surface area (Å²) in [5, 5.41) is 0. The molecule has 0 aliphatic heterocycles. The summed E-state index contributed by atoms with van der Waals surface area (Å²) in [5.41, 5.74) is 7.77. The summed E-state index contributed by atoms with van der Waals surface area (Å²) in [6.07, 6.45) is 3.88. The Bertz CT molecular complexity index is 687. The highest BCUT2D eigenvalue weighted by molar-refractivity contribution is 5.85. The molecule has 98 valence electrons. The molecule has 0 N–H and O–H groups in total. The van der Waals surface area contributed by atoms with Crippen LogP contribution in [0, 0.1) is 0 Å². The van der Waals surface area contributed by atoms with Crippen molar-refractivity contribution in [3.05, 3.63) is 102 Å². The van der Waals surface area contributed by atoms with Gasteiger partial charge in [0.25, 0.3) is 0 Å². The van der Waals surface area contributed by atoms with Crippen LogP contribution in [0.4, 0.5) is 0 Å². The first kappa shape index (κ1) is 12.7. The maximum absolute atomic E-state index is 4.28. The molecule has 0 atom stereocenters. The average molecular weight is 258 g/mol. The first-order valence-electron chi connectivity index (χ1n) is 6.95. The predicted octanol–water partition coefficient (Wildman–Crippen LogP) is 4.98. The minimum Gasteiger partial charge on any atom is -0.0988 e. The summed E-state index contributed by atoms with van der Waals surface area (Å²) in [4.78, 5) is 0. The maximum atomic E-state index is 4.28. The van der Waals surface area contributed by atoms with E-state index < -0.39 is 0 Å². The van der Waals surface area contributed by atoms with Gasteiger partial charge in [0.2, 0.25) is 0 Å². The van der Waals surface area contributed by atoms with Crippen LogP contribution in [0.2, 0.25) is 0 Å². The Morgan fingerprint density at radius 3 is 2.40 bits per heavy atom. The molecule has 20 heavy (non-hydrogen) atoms. The number of hydrogen-bond acceptors (Lipinski definition) is 0. The van der Waals surface area contributed by atoms with Crippen molar-refractivity contribution in [2.45, 2.75) is 12.8 Å². The van der Waals surface area contributed by atoms with Crippen LogP contribution >= 0.6 is 0 Å². The van der Waals surface area contributed by atoms with E-state index in [1.165, 1.54) is 27.8 Å². The second-order valence-corrected chi connectivity index (χ2v) is 5.18. The van der Waals surface area contributed by atoms with Crippen LogP contribution in [-0.2, 0) is 12.8 Å². The Morgan fingerprint density at radius 2 is 1.70 bits per heavy atom. The van der Waals surface area contributed by atoms with Crippen molar-refractivity contribution in [2.24, 2.45) is 0 Å². The van der Waals surface area contributed by atoms with Gasteiger partial charge in [0.15, 0.2) is 0 Å². The minimum atomic E-state index is 0.923. The van der Waals surface area contributed by atoms with Crippen molar-refractivity contribution in [3.63, 3.8) is 0 Å². The van der Waals surface area contributed by atoms with E-state index in [4.69, 9.17) is 0 Å². The summed E-state index contributed by atoms with van der Waals surface area (Å²) in [6.45, 7) is 8.28. The van der Waals surface area contributed by atoms with Crippen LogP contribution in [0.1, 0.15) is 16.7 Å². The largest absolute Gasteiger partial charge is 0.0988 e. The monoisotopic (exact) mass is 258 g/mol. The molecular formula is C20H18. The van der Waals surface area contributed by atoms with Gasteiger partial charge in [-0.1, -0.05) is 73.8 Å². The number of hydrogen-bond donors (Lipinski definition) is 0. The fourth-order valence-corrected chi connectivity index (χ4v) is 2.85. The van der Waals surface area contributed by atoms with Gasteiger partial charge in [-0.05, 0) is 46.3 Å². The molecule has 0 fully saturated rings. The first-order valence-corrected chi connectivity index (χ1v) is 6.95. The van der Waals surface area contributed by atoms with Crippen LogP contribution in [0.5, 0.6) is 0 Å². The molecule has 0 amide bonds. The molecule has 1 aliphatic carbocycles. The molecule has 2 aromatic carbocycles. The SMILES string of the molecule is C=C/C(Cc1ccccc1)=C1/Cc2ccccc2C1=C. The normalized spacial score (nSPS) is 15.9. The van der Waals surface area contributed by atoms with Crippen molar-refractivity contribution in [1.82, 2.24) is 0 Å². The summed E-state index contributed by atoms with van der Waals surface area (Å²) in [7, 11) is 0. The van der Waals surface area contributed by atoms with Crippen molar-refractivity contribution in [3.8, 4) is 0 Å². The third kappa shape index (κ3) is 2.25. The Balaban J connectivity index is 1.97. The van der Waals surface area contributed by atoms with E-state index in [-0.39, 0.29) is 0 Å². The summed E-state index contributed by atoms with van der Waals surface area (Å²) < 4.78 is 0. The molecule has 0 saturated carbocycles. The van der Waals surface area contributed by atoms with E-state index in [1.807, 2.05) is 6.08 Å². The zero-order chi connectivity index (χ0) is 13.9.